The van der Waals surface area contributed by atoms with Crippen molar-refractivity contribution in [1.29, 1.82) is 0 Å². The SMILES string of the molecule is CCN(CC)CCNC(=O)C(F)F. The molecule has 0 atom stereocenters. The van der Waals surface area contributed by atoms with E-state index in [2.05, 4.69) is 5.32 Å². The van der Waals surface area contributed by atoms with Gasteiger partial charge in [-0.2, -0.15) is 8.78 Å². The monoisotopic (exact) mass is 194 g/mol. The van der Waals surface area contributed by atoms with Crippen molar-refractivity contribution in [2.24, 2.45) is 0 Å². The summed E-state index contributed by atoms with van der Waals surface area (Å²) in [6.45, 7) is 6.59. The van der Waals surface area contributed by atoms with Crippen LogP contribution in [0.5, 0.6) is 0 Å². The average molecular weight is 194 g/mol. The second kappa shape index (κ2) is 6.77. The van der Waals surface area contributed by atoms with Crippen molar-refractivity contribution in [3.63, 3.8) is 0 Å². The van der Waals surface area contributed by atoms with Gasteiger partial charge in [-0.3, -0.25) is 4.79 Å². The summed E-state index contributed by atoms with van der Waals surface area (Å²) in [5, 5.41) is 2.15. The Kier molecular flexibility index (Phi) is 6.40. The Bertz CT molecular complexity index is 149. The van der Waals surface area contributed by atoms with Gasteiger partial charge in [0.25, 0.3) is 5.91 Å². The molecule has 0 aromatic rings. The summed E-state index contributed by atoms with van der Waals surface area (Å²) in [4.78, 5) is 12.5. The Morgan fingerprint density at radius 2 is 1.92 bits per heavy atom. The van der Waals surface area contributed by atoms with Crippen LogP contribution in [-0.4, -0.2) is 43.4 Å². The summed E-state index contributed by atoms with van der Waals surface area (Å²) in [6, 6.07) is 0. The Labute approximate surface area is 77.1 Å². The second-order valence-electron chi connectivity index (χ2n) is 2.62. The number of alkyl halides is 2. The van der Waals surface area contributed by atoms with Crippen molar-refractivity contribution >= 4 is 5.91 Å². The van der Waals surface area contributed by atoms with Gasteiger partial charge in [-0.05, 0) is 13.1 Å². The molecule has 0 aliphatic rings. The first kappa shape index (κ1) is 12.3. The molecule has 0 fully saturated rings. The lowest BCUT2D eigenvalue weighted by molar-refractivity contribution is -0.131. The fourth-order valence-electron chi connectivity index (χ4n) is 0.954. The molecular weight excluding hydrogens is 178 g/mol. The van der Waals surface area contributed by atoms with Gasteiger partial charge < -0.3 is 10.2 Å². The van der Waals surface area contributed by atoms with E-state index < -0.39 is 12.3 Å². The van der Waals surface area contributed by atoms with Gasteiger partial charge in [-0.1, -0.05) is 13.8 Å². The van der Waals surface area contributed by atoms with Crippen LogP contribution in [0, 0.1) is 0 Å². The predicted molar refractivity (Wildman–Crippen MR) is 46.8 cm³/mol. The van der Waals surface area contributed by atoms with Crippen LogP contribution in [0.1, 0.15) is 13.8 Å². The first-order valence-corrected chi connectivity index (χ1v) is 4.40. The fourth-order valence-corrected chi connectivity index (χ4v) is 0.954. The second-order valence-corrected chi connectivity index (χ2v) is 2.62. The number of rotatable bonds is 6. The minimum absolute atomic E-state index is 0.283. The van der Waals surface area contributed by atoms with Crippen LogP contribution in [0.25, 0.3) is 0 Å². The molecule has 0 rings (SSSR count). The number of amides is 1. The third-order valence-corrected chi connectivity index (χ3v) is 1.82. The van der Waals surface area contributed by atoms with Crippen molar-refractivity contribution in [1.82, 2.24) is 10.2 Å². The highest BCUT2D eigenvalue weighted by Crippen LogP contribution is 1.90. The maximum atomic E-state index is 11.7. The highest BCUT2D eigenvalue weighted by Gasteiger charge is 2.13. The summed E-state index contributed by atoms with van der Waals surface area (Å²) < 4.78 is 23.4. The third kappa shape index (κ3) is 5.52. The zero-order chi connectivity index (χ0) is 10.3. The Morgan fingerprint density at radius 3 is 2.31 bits per heavy atom. The van der Waals surface area contributed by atoms with E-state index in [1.54, 1.807) is 0 Å². The van der Waals surface area contributed by atoms with Crippen LogP contribution in [-0.2, 0) is 4.79 Å². The lowest BCUT2D eigenvalue weighted by Gasteiger charge is -2.17. The largest absolute Gasteiger partial charge is 0.350 e. The van der Waals surface area contributed by atoms with Crippen LogP contribution in [0.3, 0.4) is 0 Å². The normalized spacial score (nSPS) is 10.9. The van der Waals surface area contributed by atoms with E-state index in [4.69, 9.17) is 0 Å². The molecule has 0 aliphatic carbocycles. The highest BCUT2D eigenvalue weighted by atomic mass is 19.3. The van der Waals surface area contributed by atoms with E-state index >= 15 is 0 Å². The molecule has 0 spiro atoms. The molecule has 0 unspecified atom stereocenters. The quantitative estimate of drug-likeness (QED) is 0.675. The summed E-state index contributed by atoms with van der Waals surface area (Å²) in [5.74, 6) is -1.19. The van der Waals surface area contributed by atoms with Gasteiger partial charge in [0.2, 0.25) is 0 Å². The average Bonchev–Trinajstić information content (AvgIpc) is 2.12. The van der Waals surface area contributed by atoms with Gasteiger partial charge in [0.15, 0.2) is 0 Å². The molecule has 0 aromatic heterocycles. The summed E-state index contributed by atoms with van der Waals surface area (Å²) >= 11 is 0. The lowest BCUT2D eigenvalue weighted by atomic mass is 10.4. The van der Waals surface area contributed by atoms with Crippen LogP contribution < -0.4 is 5.32 Å². The minimum Gasteiger partial charge on any atom is -0.350 e. The summed E-state index contributed by atoms with van der Waals surface area (Å²) in [5.41, 5.74) is 0. The third-order valence-electron chi connectivity index (χ3n) is 1.82. The smallest absolute Gasteiger partial charge is 0.315 e. The van der Waals surface area contributed by atoms with Crippen molar-refractivity contribution in [3.05, 3.63) is 0 Å². The van der Waals surface area contributed by atoms with E-state index in [1.807, 2.05) is 18.7 Å². The van der Waals surface area contributed by atoms with Gasteiger partial charge in [-0.25, -0.2) is 0 Å². The van der Waals surface area contributed by atoms with Gasteiger partial charge in [-0.15, -0.1) is 0 Å². The van der Waals surface area contributed by atoms with Gasteiger partial charge >= 0.3 is 6.43 Å². The molecule has 1 N–H and O–H groups in total. The van der Waals surface area contributed by atoms with E-state index in [0.29, 0.717) is 6.54 Å². The first-order valence-electron chi connectivity index (χ1n) is 4.40. The number of hydrogen-bond donors (Lipinski definition) is 1. The zero-order valence-corrected chi connectivity index (χ0v) is 8.02. The number of hydrogen-bond acceptors (Lipinski definition) is 2. The standard InChI is InChI=1S/C8H16F2N2O/c1-3-12(4-2)6-5-11-8(13)7(9)10/h7H,3-6H2,1-2H3,(H,11,13). The molecule has 0 heterocycles. The summed E-state index contributed by atoms with van der Waals surface area (Å²) in [7, 11) is 0. The van der Waals surface area contributed by atoms with Crippen molar-refractivity contribution in [2.45, 2.75) is 20.3 Å². The Balaban J connectivity index is 3.49. The van der Waals surface area contributed by atoms with Crippen LogP contribution >= 0.6 is 0 Å². The van der Waals surface area contributed by atoms with Crippen molar-refractivity contribution in [3.8, 4) is 0 Å². The van der Waals surface area contributed by atoms with E-state index in [-0.39, 0.29) is 6.54 Å². The number of likely N-dealkylation sites (N-methyl/N-ethyl adjacent to an activating group) is 1. The molecule has 0 aromatic carbocycles. The molecule has 0 aliphatic heterocycles. The molecule has 1 amide bonds. The molecule has 0 saturated heterocycles. The van der Waals surface area contributed by atoms with Gasteiger partial charge in [0.05, 0.1) is 0 Å². The van der Waals surface area contributed by atoms with E-state index in [0.717, 1.165) is 13.1 Å². The number of halogens is 2. The first-order chi connectivity index (χ1) is 6.11. The zero-order valence-electron chi connectivity index (χ0n) is 8.02. The number of carbonyl (C=O) groups is 1. The topological polar surface area (TPSA) is 32.3 Å². The molecule has 5 heteroatoms. The molecule has 0 saturated carbocycles. The van der Waals surface area contributed by atoms with Gasteiger partial charge in [0.1, 0.15) is 0 Å². The van der Waals surface area contributed by atoms with Crippen LogP contribution in [0.15, 0.2) is 0 Å². The molecule has 0 bridgehead atoms. The van der Waals surface area contributed by atoms with Crippen LogP contribution in [0.2, 0.25) is 0 Å². The number of nitrogens with zero attached hydrogens (tertiary/aromatic N) is 1. The maximum absolute atomic E-state index is 11.7. The highest BCUT2D eigenvalue weighted by molar-refractivity contribution is 5.78. The molecule has 13 heavy (non-hydrogen) atoms. The maximum Gasteiger partial charge on any atom is 0.315 e. The lowest BCUT2D eigenvalue weighted by Crippen LogP contribution is -2.37. The van der Waals surface area contributed by atoms with Gasteiger partial charge in [0, 0.05) is 13.1 Å². The number of nitrogens with one attached hydrogen (secondary N) is 1. The van der Waals surface area contributed by atoms with Crippen molar-refractivity contribution in [2.75, 3.05) is 26.2 Å². The number of carbonyl (C=O) groups excluding carboxylic acids is 1. The predicted octanol–water partition coefficient (Wildman–Crippen LogP) is 0.709. The fraction of sp³-hybridized carbons (Fsp3) is 0.875. The molecule has 3 nitrogen and oxygen atoms in total. The van der Waals surface area contributed by atoms with Crippen LogP contribution in [0.4, 0.5) is 8.78 Å². The molecule has 0 radical (unpaired) electrons. The molecule has 78 valence electrons. The Morgan fingerprint density at radius 1 is 1.38 bits per heavy atom. The molecular formula is C8H16F2N2O. The van der Waals surface area contributed by atoms with E-state index in [1.165, 1.54) is 0 Å². The summed E-state index contributed by atoms with van der Waals surface area (Å²) in [6.07, 6.45) is -2.91. The minimum atomic E-state index is -2.91. The Hall–Kier alpha value is -0.710. The van der Waals surface area contributed by atoms with E-state index in [9.17, 15) is 13.6 Å². The van der Waals surface area contributed by atoms with Crippen molar-refractivity contribution < 1.29 is 13.6 Å².